The molecule has 0 unspecified atom stereocenters. The van der Waals surface area contributed by atoms with E-state index in [9.17, 15) is 8.42 Å². The Hall–Kier alpha value is -0.460. The molecule has 0 saturated carbocycles. The minimum absolute atomic E-state index is 0.354. The Morgan fingerprint density at radius 3 is 2.73 bits per heavy atom. The van der Waals surface area contributed by atoms with Crippen LogP contribution in [0.15, 0.2) is 22.7 Å². The average Bonchev–Trinajstić information content (AvgIpc) is 2.18. The molecule has 1 aromatic rings. The summed E-state index contributed by atoms with van der Waals surface area (Å²) < 4.78 is 30.5. The van der Waals surface area contributed by atoms with E-state index in [-0.39, 0.29) is 0 Å². The number of anilines is 1. The van der Waals surface area contributed by atoms with Crippen LogP contribution in [0, 0.1) is 0 Å². The summed E-state index contributed by atoms with van der Waals surface area (Å²) in [7, 11) is -2.05. The molecule has 0 aliphatic heterocycles. The summed E-state index contributed by atoms with van der Waals surface area (Å²) >= 11 is 8.51. The van der Waals surface area contributed by atoms with Crippen molar-refractivity contribution >= 4 is 43.2 Å². The zero-order valence-electron chi connectivity index (χ0n) is 7.83. The Balaban J connectivity index is 3.08. The van der Waals surface area contributed by atoms with Gasteiger partial charge >= 0.3 is 0 Å². The van der Waals surface area contributed by atoms with Crippen molar-refractivity contribution in [1.29, 1.82) is 0 Å². The summed E-state index contributed by atoms with van der Waals surface area (Å²) in [5, 5.41) is -0.497. The molecule has 1 aromatic carbocycles. The van der Waals surface area contributed by atoms with Crippen LogP contribution in [-0.2, 0) is 10.0 Å². The fourth-order valence-electron chi connectivity index (χ4n) is 0.955. The SMILES string of the molecule is COc1ccc(Br)cc1NS(=O)(=O)CCl. The predicted molar refractivity (Wildman–Crippen MR) is 64.0 cm³/mol. The van der Waals surface area contributed by atoms with Crippen molar-refractivity contribution in [1.82, 2.24) is 0 Å². The zero-order chi connectivity index (χ0) is 11.5. The van der Waals surface area contributed by atoms with Gasteiger partial charge in [0.25, 0.3) is 0 Å². The number of hydrogen-bond donors (Lipinski definition) is 1. The third-order valence-corrected chi connectivity index (χ3v) is 3.74. The second-order valence-electron chi connectivity index (χ2n) is 2.67. The molecule has 1 N–H and O–H groups in total. The number of nitrogens with one attached hydrogen (secondary N) is 1. The van der Waals surface area contributed by atoms with Gasteiger partial charge in [0.2, 0.25) is 10.0 Å². The Morgan fingerprint density at radius 1 is 1.53 bits per heavy atom. The van der Waals surface area contributed by atoms with Crippen molar-refractivity contribution in [3.05, 3.63) is 22.7 Å². The number of halogens is 2. The van der Waals surface area contributed by atoms with E-state index in [1.165, 1.54) is 7.11 Å². The first-order valence-corrected chi connectivity index (χ1v) is 6.86. The molecule has 7 heteroatoms. The maximum absolute atomic E-state index is 11.2. The molecule has 15 heavy (non-hydrogen) atoms. The van der Waals surface area contributed by atoms with Crippen molar-refractivity contribution in [3.8, 4) is 5.75 Å². The highest BCUT2D eigenvalue weighted by Crippen LogP contribution is 2.28. The lowest BCUT2D eigenvalue weighted by Gasteiger charge is -2.10. The summed E-state index contributed by atoms with van der Waals surface area (Å²) in [4.78, 5) is 0. The Morgan fingerprint density at radius 2 is 2.20 bits per heavy atom. The fourth-order valence-corrected chi connectivity index (χ4v) is 2.03. The van der Waals surface area contributed by atoms with Crippen LogP contribution in [0.4, 0.5) is 5.69 Å². The topological polar surface area (TPSA) is 55.4 Å². The van der Waals surface area contributed by atoms with Crippen molar-refractivity contribution in [2.45, 2.75) is 0 Å². The summed E-state index contributed by atoms with van der Waals surface area (Å²) in [5.74, 6) is 0.437. The summed E-state index contributed by atoms with van der Waals surface area (Å²) in [5.41, 5.74) is 0.354. The van der Waals surface area contributed by atoms with Crippen LogP contribution < -0.4 is 9.46 Å². The van der Waals surface area contributed by atoms with Gasteiger partial charge in [0, 0.05) is 4.47 Å². The Kier molecular flexibility index (Phi) is 4.24. The smallest absolute Gasteiger partial charge is 0.246 e. The molecule has 0 aromatic heterocycles. The molecule has 1 rings (SSSR count). The maximum atomic E-state index is 11.2. The first-order valence-electron chi connectivity index (χ1n) is 3.88. The highest BCUT2D eigenvalue weighted by molar-refractivity contribution is 9.10. The van der Waals surface area contributed by atoms with E-state index in [1.54, 1.807) is 18.2 Å². The average molecular weight is 315 g/mol. The number of sulfonamides is 1. The van der Waals surface area contributed by atoms with Crippen molar-refractivity contribution in [2.24, 2.45) is 0 Å². The van der Waals surface area contributed by atoms with E-state index in [1.807, 2.05) is 0 Å². The lowest BCUT2D eigenvalue weighted by Crippen LogP contribution is -2.14. The number of rotatable bonds is 4. The lowest BCUT2D eigenvalue weighted by atomic mass is 10.3. The van der Waals surface area contributed by atoms with Gasteiger partial charge < -0.3 is 4.74 Å². The van der Waals surface area contributed by atoms with Crippen LogP contribution in [0.25, 0.3) is 0 Å². The number of benzene rings is 1. The molecule has 84 valence electrons. The van der Waals surface area contributed by atoms with Gasteiger partial charge in [0.05, 0.1) is 12.8 Å². The Bertz CT molecular complexity index is 449. The first kappa shape index (κ1) is 12.6. The van der Waals surface area contributed by atoms with E-state index in [2.05, 4.69) is 20.7 Å². The second kappa shape index (κ2) is 5.05. The van der Waals surface area contributed by atoms with Gasteiger partial charge in [0.15, 0.2) is 0 Å². The molecule has 0 radical (unpaired) electrons. The molecule has 0 saturated heterocycles. The van der Waals surface area contributed by atoms with Crippen molar-refractivity contribution in [2.75, 3.05) is 17.0 Å². The molecule has 0 aliphatic rings. The minimum atomic E-state index is -3.51. The molecular formula is C8H9BrClNO3S. The van der Waals surface area contributed by atoms with Crippen LogP contribution in [0.1, 0.15) is 0 Å². The first-order chi connectivity index (χ1) is 6.98. The van der Waals surface area contributed by atoms with Gasteiger partial charge in [-0.1, -0.05) is 15.9 Å². The molecule has 0 amide bonds. The van der Waals surface area contributed by atoms with Crippen LogP contribution in [0.2, 0.25) is 0 Å². The maximum Gasteiger partial charge on any atom is 0.246 e. The van der Waals surface area contributed by atoms with E-state index in [0.717, 1.165) is 4.47 Å². The van der Waals surface area contributed by atoms with Crippen LogP contribution in [-0.4, -0.2) is 20.7 Å². The summed E-state index contributed by atoms with van der Waals surface area (Å²) in [6.07, 6.45) is 0. The van der Waals surface area contributed by atoms with Crippen LogP contribution in [0.3, 0.4) is 0 Å². The van der Waals surface area contributed by atoms with E-state index in [4.69, 9.17) is 16.3 Å². The largest absolute Gasteiger partial charge is 0.495 e. The number of methoxy groups -OCH3 is 1. The lowest BCUT2D eigenvalue weighted by molar-refractivity contribution is 0.417. The van der Waals surface area contributed by atoms with Crippen LogP contribution >= 0.6 is 27.5 Å². The van der Waals surface area contributed by atoms with E-state index < -0.39 is 15.2 Å². The molecular weight excluding hydrogens is 306 g/mol. The Labute approximate surface area is 102 Å². The quantitative estimate of drug-likeness (QED) is 0.868. The predicted octanol–water partition coefficient (Wildman–Crippen LogP) is 2.40. The fraction of sp³-hybridized carbons (Fsp3) is 0.250. The monoisotopic (exact) mass is 313 g/mol. The molecule has 0 atom stereocenters. The number of hydrogen-bond acceptors (Lipinski definition) is 3. The van der Waals surface area contributed by atoms with E-state index in [0.29, 0.717) is 11.4 Å². The third kappa shape index (κ3) is 3.55. The number of alkyl halides is 1. The van der Waals surface area contributed by atoms with Gasteiger partial charge in [-0.3, -0.25) is 4.72 Å². The summed E-state index contributed by atoms with van der Waals surface area (Å²) in [6.45, 7) is 0. The molecule has 0 heterocycles. The van der Waals surface area contributed by atoms with Gasteiger partial charge in [-0.2, -0.15) is 0 Å². The van der Waals surface area contributed by atoms with Gasteiger partial charge in [0.1, 0.15) is 11.0 Å². The van der Waals surface area contributed by atoms with Crippen molar-refractivity contribution in [3.63, 3.8) is 0 Å². The highest BCUT2D eigenvalue weighted by atomic mass is 79.9. The van der Waals surface area contributed by atoms with E-state index >= 15 is 0 Å². The minimum Gasteiger partial charge on any atom is -0.495 e. The normalized spacial score (nSPS) is 11.1. The van der Waals surface area contributed by atoms with Gasteiger partial charge in [-0.25, -0.2) is 8.42 Å². The number of ether oxygens (including phenoxy) is 1. The van der Waals surface area contributed by atoms with Gasteiger partial charge in [-0.15, -0.1) is 11.6 Å². The molecule has 0 aliphatic carbocycles. The molecule has 0 spiro atoms. The standard InChI is InChI=1S/C8H9BrClNO3S/c1-14-8-3-2-6(9)4-7(8)11-15(12,13)5-10/h2-4,11H,5H2,1H3. The molecule has 0 fully saturated rings. The molecule has 4 nitrogen and oxygen atoms in total. The summed E-state index contributed by atoms with van der Waals surface area (Å²) in [6, 6.07) is 5.00. The zero-order valence-corrected chi connectivity index (χ0v) is 11.0. The highest BCUT2D eigenvalue weighted by Gasteiger charge is 2.12. The van der Waals surface area contributed by atoms with Crippen LogP contribution in [0.5, 0.6) is 5.75 Å². The third-order valence-electron chi connectivity index (χ3n) is 1.57. The second-order valence-corrected chi connectivity index (χ2v) is 5.89. The molecule has 0 bridgehead atoms. The van der Waals surface area contributed by atoms with Crippen molar-refractivity contribution < 1.29 is 13.2 Å². The van der Waals surface area contributed by atoms with Gasteiger partial charge in [-0.05, 0) is 18.2 Å².